The van der Waals surface area contributed by atoms with E-state index in [2.05, 4.69) is 24.1 Å². The van der Waals surface area contributed by atoms with E-state index < -0.39 is 0 Å². The smallest absolute Gasteiger partial charge is 0.230 e. The molecule has 0 spiro atoms. The van der Waals surface area contributed by atoms with Gasteiger partial charge in [-0.15, -0.1) is 0 Å². The Labute approximate surface area is 124 Å². The predicted octanol–water partition coefficient (Wildman–Crippen LogP) is 3.20. The number of nitrogens with zero attached hydrogens (tertiary/aromatic N) is 1. The molecule has 1 atom stereocenters. The van der Waals surface area contributed by atoms with E-state index in [0.29, 0.717) is 5.91 Å². The summed E-state index contributed by atoms with van der Waals surface area (Å²) in [5.74, 6) is 1.30. The Morgan fingerprint density at radius 2 is 2.00 bits per heavy atom. The van der Waals surface area contributed by atoms with Gasteiger partial charge in [-0.05, 0) is 44.6 Å². The minimum atomic E-state index is -0.0927. The third kappa shape index (κ3) is 3.55. The van der Waals surface area contributed by atoms with E-state index in [0.717, 1.165) is 57.8 Å². The number of rotatable bonds is 5. The van der Waals surface area contributed by atoms with Crippen molar-refractivity contribution in [2.24, 2.45) is 11.3 Å². The van der Waals surface area contributed by atoms with Gasteiger partial charge in [0.05, 0.1) is 5.41 Å². The molecule has 0 aromatic carbocycles. The molecule has 2 saturated heterocycles. The summed E-state index contributed by atoms with van der Waals surface area (Å²) in [7, 11) is 0. The summed E-state index contributed by atoms with van der Waals surface area (Å²) in [6.45, 7) is 8.44. The molecule has 20 heavy (non-hydrogen) atoms. The van der Waals surface area contributed by atoms with Crippen LogP contribution in [0.25, 0.3) is 0 Å². The number of carbonyl (C=O) groups is 1. The maximum absolute atomic E-state index is 13.0. The minimum absolute atomic E-state index is 0.0927. The number of likely N-dealkylation sites (tertiary alicyclic amines) is 1. The molecule has 2 fully saturated rings. The topological polar surface area (TPSA) is 32.3 Å². The van der Waals surface area contributed by atoms with E-state index in [-0.39, 0.29) is 5.41 Å². The molecule has 1 N–H and O–H groups in total. The summed E-state index contributed by atoms with van der Waals surface area (Å²) in [5, 5.41) is 3.46. The van der Waals surface area contributed by atoms with Crippen LogP contribution in [0.3, 0.4) is 0 Å². The van der Waals surface area contributed by atoms with Gasteiger partial charge in [-0.25, -0.2) is 0 Å². The fourth-order valence-corrected chi connectivity index (χ4v) is 4.12. The summed E-state index contributed by atoms with van der Waals surface area (Å²) in [5.41, 5.74) is -0.0927. The first-order chi connectivity index (χ1) is 9.72. The van der Waals surface area contributed by atoms with Crippen molar-refractivity contribution in [3.05, 3.63) is 0 Å². The van der Waals surface area contributed by atoms with Gasteiger partial charge in [-0.2, -0.15) is 0 Å². The fourth-order valence-electron chi connectivity index (χ4n) is 4.12. The van der Waals surface area contributed by atoms with Crippen LogP contribution in [-0.4, -0.2) is 37.0 Å². The highest BCUT2D eigenvalue weighted by atomic mass is 16.2. The van der Waals surface area contributed by atoms with Crippen LogP contribution in [0.2, 0.25) is 0 Å². The summed E-state index contributed by atoms with van der Waals surface area (Å²) in [6, 6.07) is 0. The van der Waals surface area contributed by atoms with Crippen LogP contribution in [0.15, 0.2) is 0 Å². The number of piperidine rings is 2. The molecule has 0 bridgehead atoms. The highest BCUT2D eigenvalue weighted by Gasteiger charge is 2.41. The number of nitrogens with one attached hydrogen (secondary N) is 1. The van der Waals surface area contributed by atoms with Crippen molar-refractivity contribution in [2.75, 3.05) is 26.2 Å². The zero-order valence-corrected chi connectivity index (χ0v) is 13.4. The molecule has 0 aromatic rings. The summed E-state index contributed by atoms with van der Waals surface area (Å²) < 4.78 is 0. The lowest BCUT2D eigenvalue weighted by Crippen LogP contribution is -2.53. The number of carbonyl (C=O) groups excluding carboxylic acids is 1. The zero-order chi connectivity index (χ0) is 14.4. The third-order valence-electron chi connectivity index (χ3n) is 5.25. The molecule has 1 unspecified atom stereocenters. The first kappa shape index (κ1) is 15.8. The Bertz CT molecular complexity index is 297. The fraction of sp³-hybridized carbons (Fsp3) is 0.941. The van der Waals surface area contributed by atoms with Crippen LogP contribution >= 0.6 is 0 Å². The predicted molar refractivity (Wildman–Crippen MR) is 83.7 cm³/mol. The molecule has 0 aromatic heterocycles. The molecule has 0 radical (unpaired) electrons. The third-order valence-corrected chi connectivity index (χ3v) is 5.25. The van der Waals surface area contributed by atoms with Gasteiger partial charge in [0.25, 0.3) is 0 Å². The summed E-state index contributed by atoms with van der Waals surface area (Å²) >= 11 is 0. The Balaban J connectivity index is 1.95. The minimum Gasteiger partial charge on any atom is -0.342 e. The lowest BCUT2D eigenvalue weighted by Gasteiger charge is -2.42. The quantitative estimate of drug-likeness (QED) is 0.839. The number of hydrogen-bond acceptors (Lipinski definition) is 2. The highest BCUT2D eigenvalue weighted by molar-refractivity contribution is 5.83. The maximum Gasteiger partial charge on any atom is 0.230 e. The molecule has 116 valence electrons. The van der Waals surface area contributed by atoms with Crippen molar-refractivity contribution in [3.8, 4) is 0 Å². The molecular weight excluding hydrogens is 248 g/mol. The van der Waals surface area contributed by atoms with E-state index >= 15 is 0 Å². The molecule has 2 heterocycles. The highest BCUT2D eigenvalue weighted by Crippen LogP contribution is 2.35. The maximum atomic E-state index is 13.0. The Morgan fingerprint density at radius 1 is 1.25 bits per heavy atom. The summed E-state index contributed by atoms with van der Waals surface area (Å²) in [4.78, 5) is 15.2. The van der Waals surface area contributed by atoms with Gasteiger partial charge >= 0.3 is 0 Å². The van der Waals surface area contributed by atoms with Crippen molar-refractivity contribution in [1.82, 2.24) is 10.2 Å². The van der Waals surface area contributed by atoms with Crippen LogP contribution in [0.4, 0.5) is 0 Å². The monoisotopic (exact) mass is 280 g/mol. The van der Waals surface area contributed by atoms with Crippen molar-refractivity contribution < 1.29 is 4.79 Å². The summed E-state index contributed by atoms with van der Waals surface area (Å²) in [6.07, 6.45) is 9.45. The SMILES string of the molecule is CCCC1CCN(C(=O)C2(CCC)CCCNC2)CC1. The lowest BCUT2D eigenvalue weighted by atomic mass is 9.75. The number of amides is 1. The second kappa shape index (κ2) is 7.44. The van der Waals surface area contributed by atoms with Gasteiger partial charge < -0.3 is 10.2 Å². The van der Waals surface area contributed by atoms with E-state index in [9.17, 15) is 4.79 Å². The Morgan fingerprint density at radius 3 is 2.55 bits per heavy atom. The van der Waals surface area contributed by atoms with Crippen LogP contribution in [0, 0.1) is 11.3 Å². The first-order valence-corrected chi connectivity index (χ1v) is 8.72. The van der Waals surface area contributed by atoms with Crippen molar-refractivity contribution in [3.63, 3.8) is 0 Å². The molecule has 0 saturated carbocycles. The van der Waals surface area contributed by atoms with E-state index in [1.165, 1.54) is 25.7 Å². The molecule has 2 rings (SSSR count). The molecular formula is C17H32N2O. The van der Waals surface area contributed by atoms with Gasteiger partial charge in [-0.1, -0.05) is 33.1 Å². The van der Waals surface area contributed by atoms with Gasteiger partial charge in [0, 0.05) is 19.6 Å². The van der Waals surface area contributed by atoms with Crippen LogP contribution in [0.1, 0.15) is 65.2 Å². The van der Waals surface area contributed by atoms with Crippen LogP contribution in [0.5, 0.6) is 0 Å². The van der Waals surface area contributed by atoms with Gasteiger partial charge in [0.1, 0.15) is 0 Å². The molecule has 2 aliphatic heterocycles. The van der Waals surface area contributed by atoms with Gasteiger partial charge in [0.15, 0.2) is 0 Å². The van der Waals surface area contributed by atoms with E-state index in [1.54, 1.807) is 0 Å². The van der Waals surface area contributed by atoms with E-state index in [4.69, 9.17) is 0 Å². The Kier molecular flexibility index (Phi) is 5.88. The zero-order valence-electron chi connectivity index (χ0n) is 13.4. The molecule has 3 nitrogen and oxygen atoms in total. The average molecular weight is 280 g/mol. The molecule has 1 amide bonds. The molecule has 2 aliphatic rings. The number of hydrogen-bond donors (Lipinski definition) is 1. The first-order valence-electron chi connectivity index (χ1n) is 8.72. The normalized spacial score (nSPS) is 28.6. The lowest BCUT2D eigenvalue weighted by molar-refractivity contribution is -0.145. The molecule has 3 heteroatoms. The van der Waals surface area contributed by atoms with E-state index in [1.807, 2.05) is 0 Å². The van der Waals surface area contributed by atoms with Crippen LogP contribution < -0.4 is 5.32 Å². The van der Waals surface area contributed by atoms with Gasteiger partial charge in [-0.3, -0.25) is 4.79 Å². The second-order valence-corrected chi connectivity index (χ2v) is 6.83. The second-order valence-electron chi connectivity index (χ2n) is 6.83. The Hall–Kier alpha value is -0.570. The van der Waals surface area contributed by atoms with Gasteiger partial charge in [0.2, 0.25) is 5.91 Å². The van der Waals surface area contributed by atoms with Crippen LogP contribution in [-0.2, 0) is 4.79 Å². The van der Waals surface area contributed by atoms with Crippen molar-refractivity contribution in [2.45, 2.75) is 65.2 Å². The van der Waals surface area contributed by atoms with Crippen molar-refractivity contribution >= 4 is 5.91 Å². The molecule has 0 aliphatic carbocycles. The van der Waals surface area contributed by atoms with Crippen molar-refractivity contribution in [1.29, 1.82) is 0 Å². The average Bonchev–Trinajstić information content (AvgIpc) is 2.49. The standard InChI is InChI=1S/C17H32N2O/c1-3-6-15-7-12-19(13-8-15)16(20)17(9-4-2)10-5-11-18-14-17/h15,18H,3-14H2,1-2H3. The largest absolute Gasteiger partial charge is 0.342 e.